The van der Waals surface area contributed by atoms with Crippen molar-refractivity contribution in [3.05, 3.63) is 35.2 Å². The minimum atomic E-state index is -2.91. The van der Waals surface area contributed by atoms with Crippen molar-refractivity contribution in [1.82, 2.24) is 9.38 Å². The van der Waals surface area contributed by atoms with Crippen LogP contribution in [-0.4, -0.2) is 29.3 Å². The fraction of sp³-hybridized carbons (Fsp3) is 0.417. The monoisotopic (exact) mass is 284 g/mol. The number of hydrogen-bond acceptors (Lipinski definition) is 3. The van der Waals surface area contributed by atoms with E-state index in [4.69, 9.17) is 11.6 Å². The highest BCUT2D eigenvalue weighted by Gasteiger charge is 2.27. The second kappa shape index (κ2) is 4.24. The Bertz CT molecular complexity index is 693. The van der Waals surface area contributed by atoms with E-state index in [1.807, 2.05) is 22.9 Å². The molecule has 96 valence electrons. The SMILES string of the molecule is O=S1(=O)CCCC(c2cn3cccc(Cl)c3n2)C1. The van der Waals surface area contributed by atoms with Gasteiger partial charge in [0.25, 0.3) is 0 Å². The summed E-state index contributed by atoms with van der Waals surface area (Å²) in [4.78, 5) is 4.47. The molecule has 0 aliphatic carbocycles. The first-order valence-corrected chi connectivity index (χ1v) is 8.09. The molecule has 2 aromatic rings. The van der Waals surface area contributed by atoms with Gasteiger partial charge in [-0.3, -0.25) is 0 Å². The number of sulfone groups is 1. The summed E-state index contributed by atoms with van der Waals surface area (Å²) in [5, 5.41) is 0.586. The van der Waals surface area contributed by atoms with Crippen molar-refractivity contribution in [3.8, 4) is 0 Å². The third-order valence-corrected chi connectivity index (χ3v) is 5.45. The van der Waals surface area contributed by atoms with Crippen LogP contribution >= 0.6 is 11.6 Å². The lowest BCUT2D eigenvalue weighted by atomic mass is 10.0. The van der Waals surface area contributed by atoms with Gasteiger partial charge in [-0.05, 0) is 25.0 Å². The van der Waals surface area contributed by atoms with Crippen LogP contribution in [-0.2, 0) is 9.84 Å². The average molecular weight is 285 g/mol. The first-order valence-electron chi connectivity index (χ1n) is 5.89. The standard InChI is InChI=1S/C12H13ClN2O2S/c13-10-4-1-5-15-7-11(14-12(10)15)9-3-2-6-18(16,17)8-9/h1,4-5,7,9H,2-3,6,8H2. The maximum atomic E-state index is 11.7. The molecular formula is C12H13ClN2O2S. The molecule has 0 bridgehead atoms. The Morgan fingerprint density at radius 2 is 2.28 bits per heavy atom. The van der Waals surface area contributed by atoms with E-state index < -0.39 is 9.84 Å². The highest BCUT2D eigenvalue weighted by molar-refractivity contribution is 7.91. The number of pyridine rings is 1. The molecule has 3 heterocycles. The highest BCUT2D eigenvalue weighted by atomic mass is 35.5. The van der Waals surface area contributed by atoms with Crippen molar-refractivity contribution in [2.45, 2.75) is 18.8 Å². The highest BCUT2D eigenvalue weighted by Crippen LogP contribution is 2.29. The third kappa shape index (κ3) is 2.12. The molecule has 4 nitrogen and oxygen atoms in total. The number of aromatic nitrogens is 2. The lowest BCUT2D eigenvalue weighted by molar-refractivity contribution is 0.550. The van der Waals surface area contributed by atoms with Gasteiger partial charge < -0.3 is 4.40 Å². The summed E-state index contributed by atoms with van der Waals surface area (Å²) in [6, 6.07) is 3.63. The van der Waals surface area contributed by atoms with Gasteiger partial charge in [-0.25, -0.2) is 13.4 Å². The summed E-state index contributed by atoms with van der Waals surface area (Å²) in [5.74, 6) is 0.506. The van der Waals surface area contributed by atoms with Crippen LogP contribution in [0.15, 0.2) is 24.5 Å². The molecule has 1 fully saturated rings. The minimum Gasteiger partial charge on any atom is -0.306 e. The van der Waals surface area contributed by atoms with Gasteiger partial charge in [-0.15, -0.1) is 0 Å². The topological polar surface area (TPSA) is 51.4 Å². The summed E-state index contributed by atoms with van der Waals surface area (Å²) in [6.07, 6.45) is 5.34. The maximum absolute atomic E-state index is 11.7. The zero-order chi connectivity index (χ0) is 12.8. The number of imidazole rings is 1. The van der Waals surface area contributed by atoms with Crippen LogP contribution in [0.5, 0.6) is 0 Å². The number of nitrogens with zero attached hydrogens (tertiary/aromatic N) is 2. The van der Waals surface area contributed by atoms with Gasteiger partial charge in [0, 0.05) is 18.3 Å². The molecule has 3 rings (SSSR count). The molecule has 0 aromatic carbocycles. The molecule has 0 spiro atoms. The Kier molecular flexibility index (Phi) is 2.83. The Labute approximate surface area is 111 Å². The number of fused-ring (bicyclic) bond motifs is 1. The van der Waals surface area contributed by atoms with Crippen LogP contribution < -0.4 is 0 Å². The normalized spacial score (nSPS) is 23.3. The molecule has 0 radical (unpaired) electrons. The first kappa shape index (κ1) is 12.0. The van der Waals surface area contributed by atoms with Crippen molar-refractivity contribution < 1.29 is 8.42 Å². The molecule has 1 atom stereocenters. The van der Waals surface area contributed by atoms with E-state index in [0.29, 0.717) is 22.8 Å². The lowest BCUT2D eigenvalue weighted by Gasteiger charge is -2.19. The predicted octanol–water partition coefficient (Wildman–Crippen LogP) is 2.28. The van der Waals surface area contributed by atoms with Crippen LogP contribution in [0.25, 0.3) is 5.65 Å². The molecule has 0 amide bonds. The van der Waals surface area contributed by atoms with Crippen LogP contribution in [0, 0.1) is 0 Å². The minimum absolute atomic E-state index is 0.000262. The van der Waals surface area contributed by atoms with E-state index >= 15 is 0 Å². The van der Waals surface area contributed by atoms with E-state index in [9.17, 15) is 8.42 Å². The summed E-state index contributed by atoms with van der Waals surface area (Å²) in [7, 11) is -2.91. The smallest absolute Gasteiger partial charge is 0.155 e. The Morgan fingerprint density at radius 1 is 1.44 bits per heavy atom. The fourth-order valence-corrected chi connectivity index (χ4v) is 4.39. The second-order valence-electron chi connectivity index (χ2n) is 4.71. The zero-order valence-corrected chi connectivity index (χ0v) is 11.3. The van der Waals surface area contributed by atoms with Crippen molar-refractivity contribution in [2.75, 3.05) is 11.5 Å². The average Bonchev–Trinajstić information content (AvgIpc) is 2.73. The molecule has 1 unspecified atom stereocenters. The predicted molar refractivity (Wildman–Crippen MR) is 70.8 cm³/mol. The summed E-state index contributed by atoms with van der Waals surface area (Å²) in [5.41, 5.74) is 1.52. The van der Waals surface area contributed by atoms with E-state index in [1.54, 1.807) is 6.07 Å². The largest absolute Gasteiger partial charge is 0.306 e. The van der Waals surface area contributed by atoms with Crippen molar-refractivity contribution in [3.63, 3.8) is 0 Å². The third-order valence-electron chi connectivity index (χ3n) is 3.34. The Morgan fingerprint density at radius 3 is 3.00 bits per heavy atom. The van der Waals surface area contributed by atoms with Gasteiger partial charge in [0.05, 0.1) is 22.2 Å². The van der Waals surface area contributed by atoms with Crippen LogP contribution in [0.4, 0.5) is 0 Å². The Hall–Kier alpha value is -1.07. The molecular weight excluding hydrogens is 272 g/mol. The number of hydrogen-bond donors (Lipinski definition) is 0. The molecule has 1 aliphatic rings. The summed E-state index contributed by atoms with van der Waals surface area (Å²) < 4.78 is 25.2. The number of halogens is 1. The first-order chi connectivity index (χ1) is 8.55. The van der Waals surface area contributed by atoms with Gasteiger partial charge in [0.1, 0.15) is 0 Å². The molecule has 18 heavy (non-hydrogen) atoms. The quantitative estimate of drug-likeness (QED) is 0.807. The van der Waals surface area contributed by atoms with Crippen LogP contribution in [0.3, 0.4) is 0 Å². The van der Waals surface area contributed by atoms with Gasteiger partial charge >= 0.3 is 0 Å². The molecule has 1 aliphatic heterocycles. The van der Waals surface area contributed by atoms with E-state index in [2.05, 4.69) is 4.98 Å². The molecule has 1 saturated heterocycles. The van der Waals surface area contributed by atoms with E-state index in [1.165, 1.54) is 0 Å². The summed E-state index contributed by atoms with van der Waals surface area (Å²) >= 11 is 6.06. The molecule has 0 saturated carbocycles. The maximum Gasteiger partial charge on any atom is 0.155 e. The van der Waals surface area contributed by atoms with Crippen LogP contribution in [0.1, 0.15) is 24.5 Å². The van der Waals surface area contributed by atoms with Gasteiger partial charge in [-0.1, -0.05) is 11.6 Å². The van der Waals surface area contributed by atoms with Gasteiger partial charge in [-0.2, -0.15) is 0 Å². The van der Waals surface area contributed by atoms with Crippen LogP contribution in [0.2, 0.25) is 5.02 Å². The zero-order valence-electron chi connectivity index (χ0n) is 9.71. The van der Waals surface area contributed by atoms with E-state index in [-0.39, 0.29) is 11.7 Å². The van der Waals surface area contributed by atoms with E-state index in [0.717, 1.165) is 12.1 Å². The lowest BCUT2D eigenvalue weighted by Crippen LogP contribution is -2.23. The second-order valence-corrected chi connectivity index (χ2v) is 7.34. The van der Waals surface area contributed by atoms with Crippen molar-refractivity contribution in [2.24, 2.45) is 0 Å². The Balaban J connectivity index is 2.02. The molecule has 0 N–H and O–H groups in total. The summed E-state index contributed by atoms with van der Waals surface area (Å²) in [6.45, 7) is 0. The van der Waals surface area contributed by atoms with Gasteiger partial charge in [0.2, 0.25) is 0 Å². The number of rotatable bonds is 1. The fourth-order valence-electron chi connectivity index (χ4n) is 2.45. The van der Waals surface area contributed by atoms with Crippen molar-refractivity contribution >= 4 is 27.1 Å². The van der Waals surface area contributed by atoms with Gasteiger partial charge in [0.15, 0.2) is 15.5 Å². The molecule has 2 aromatic heterocycles. The molecule has 6 heteroatoms. The van der Waals surface area contributed by atoms with Crippen molar-refractivity contribution in [1.29, 1.82) is 0 Å².